The summed E-state index contributed by atoms with van der Waals surface area (Å²) in [4.78, 5) is 28.5. The number of amidine groups is 1. The molecule has 1 fully saturated rings. The summed E-state index contributed by atoms with van der Waals surface area (Å²) in [6, 6.07) is 3.72. The Morgan fingerprint density at radius 2 is 2.06 bits per heavy atom. The number of fused-ring (bicyclic) bond motifs is 3. The zero-order chi connectivity index (χ0) is 22.5. The van der Waals surface area contributed by atoms with Crippen LogP contribution >= 0.6 is 15.9 Å². The van der Waals surface area contributed by atoms with E-state index < -0.39 is 5.60 Å². The van der Waals surface area contributed by atoms with E-state index in [1.165, 1.54) is 0 Å². The van der Waals surface area contributed by atoms with E-state index >= 15 is 0 Å². The molecule has 31 heavy (non-hydrogen) atoms. The standard InChI is InChI=1S/C22H29BrN4O4/c1-12-10-26(21(29)31-22(3,4)5)7-6-14(12)15-8-17-18(9-16(15)23)30-11-19-24-25-20(28)13(2)27(17)19/h8-9,12-14H,6-7,10-11H2,1-5H3,(H,25,28). The first-order chi connectivity index (χ1) is 14.5. The number of ether oxygens (including phenoxy) is 2. The maximum absolute atomic E-state index is 12.5. The van der Waals surface area contributed by atoms with Gasteiger partial charge in [-0.05, 0) is 63.6 Å². The lowest BCUT2D eigenvalue weighted by molar-refractivity contribution is -0.122. The molecule has 1 aromatic carbocycles. The van der Waals surface area contributed by atoms with Crippen LogP contribution in [0.2, 0.25) is 0 Å². The molecule has 9 heteroatoms. The number of carbonyl (C=O) groups is 2. The quantitative estimate of drug-likeness (QED) is 0.643. The van der Waals surface area contributed by atoms with Crippen molar-refractivity contribution in [2.75, 3.05) is 24.6 Å². The molecule has 0 radical (unpaired) electrons. The second-order valence-electron chi connectivity index (χ2n) is 9.48. The summed E-state index contributed by atoms with van der Waals surface area (Å²) in [6.07, 6.45) is 0.569. The van der Waals surface area contributed by atoms with Crippen LogP contribution < -0.4 is 15.1 Å². The van der Waals surface area contributed by atoms with E-state index in [2.05, 4.69) is 39.4 Å². The second kappa shape index (κ2) is 8.00. The molecule has 3 heterocycles. The minimum absolute atomic E-state index is 0.139. The predicted molar refractivity (Wildman–Crippen MR) is 121 cm³/mol. The Kier molecular flexibility index (Phi) is 5.66. The van der Waals surface area contributed by atoms with Crippen molar-refractivity contribution in [1.82, 2.24) is 10.3 Å². The van der Waals surface area contributed by atoms with Gasteiger partial charge in [0, 0.05) is 17.6 Å². The fourth-order valence-electron chi connectivity index (χ4n) is 4.45. The molecule has 1 aromatic rings. The monoisotopic (exact) mass is 492 g/mol. The highest BCUT2D eigenvalue weighted by atomic mass is 79.9. The van der Waals surface area contributed by atoms with E-state index in [1.54, 1.807) is 4.90 Å². The van der Waals surface area contributed by atoms with Crippen LogP contribution in [0.15, 0.2) is 21.7 Å². The second-order valence-corrected chi connectivity index (χ2v) is 10.3. The SMILES string of the molecule is CC1CN(C(=O)OC(C)(C)C)CCC1c1cc2c(cc1Br)OCC1=NNC(=O)C(C)N12. The van der Waals surface area contributed by atoms with Gasteiger partial charge in [0.05, 0.1) is 5.69 Å². The summed E-state index contributed by atoms with van der Waals surface area (Å²) < 4.78 is 12.4. The number of nitrogens with zero attached hydrogens (tertiary/aromatic N) is 3. The fraction of sp³-hybridized carbons (Fsp3) is 0.591. The van der Waals surface area contributed by atoms with E-state index in [1.807, 2.05) is 38.7 Å². The third kappa shape index (κ3) is 4.24. The molecule has 3 aliphatic heterocycles. The lowest BCUT2D eigenvalue weighted by Gasteiger charge is -2.40. The topological polar surface area (TPSA) is 83.5 Å². The summed E-state index contributed by atoms with van der Waals surface area (Å²) in [5.74, 6) is 1.79. The first kappa shape index (κ1) is 21.9. The van der Waals surface area contributed by atoms with Crippen molar-refractivity contribution in [2.24, 2.45) is 11.0 Å². The number of hydrogen-bond donors (Lipinski definition) is 1. The number of hydrogen-bond acceptors (Lipinski definition) is 6. The molecule has 1 N–H and O–H groups in total. The molecule has 1 saturated heterocycles. The lowest BCUT2D eigenvalue weighted by Crippen LogP contribution is -2.55. The van der Waals surface area contributed by atoms with Crippen molar-refractivity contribution < 1.29 is 19.1 Å². The number of piperidine rings is 1. The van der Waals surface area contributed by atoms with Crippen LogP contribution in [0.25, 0.3) is 0 Å². The molecule has 3 aliphatic rings. The molecule has 168 valence electrons. The summed E-state index contributed by atoms with van der Waals surface area (Å²) >= 11 is 3.72. The van der Waals surface area contributed by atoms with E-state index in [9.17, 15) is 9.59 Å². The summed E-state index contributed by atoms with van der Waals surface area (Å²) in [6.45, 7) is 11.3. The summed E-state index contributed by atoms with van der Waals surface area (Å²) in [5.41, 5.74) is 4.06. The van der Waals surface area contributed by atoms with Gasteiger partial charge in [0.25, 0.3) is 5.91 Å². The predicted octanol–water partition coefficient (Wildman–Crippen LogP) is 3.84. The van der Waals surface area contributed by atoms with Crippen LogP contribution in [0.4, 0.5) is 10.5 Å². The third-order valence-corrected chi connectivity index (χ3v) is 6.68. The Labute approximate surface area is 191 Å². The van der Waals surface area contributed by atoms with Gasteiger partial charge in [0.1, 0.15) is 24.0 Å². The average molecular weight is 493 g/mol. The highest BCUT2D eigenvalue weighted by Gasteiger charge is 2.38. The Morgan fingerprint density at radius 3 is 2.74 bits per heavy atom. The van der Waals surface area contributed by atoms with Gasteiger partial charge in [0.2, 0.25) is 0 Å². The number of likely N-dealkylation sites (tertiary alicyclic amines) is 1. The minimum Gasteiger partial charge on any atom is -0.483 e. The summed E-state index contributed by atoms with van der Waals surface area (Å²) in [7, 11) is 0. The van der Waals surface area contributed by atoms with Gasteiger partial charge in [-0.25, -0.2) is 10.2 Å². The van der Waals surface area contributed by atoms with Gasteiger partial charge >= 0.3 is 6.09 Å². The number of benzene rings is 1. The van der Waals surface area contributed by atoms with Crippen LogP contribution in [-0.4, -0.2) is 54.1 Å². The molecule has 3 atom stereocenters. The number of amides is 2. The number of halogens is 1. The molecular weight excluding hydrogens is 464 g/mol. The first-order valence-corrected chi connectivity index (χ1v) is 11.4. The molecule has 2 amide bonds. The lowest BCUT2D eigenvalue weighted by atomic mass is 9.81. The number of carbonyl (C=O) groups excluding carboxylic acids is 2. The van der Waals surface area contributed by atoms with Crippen molar-refractivity contribution >= 4 is 39.5 Å². The number of anilines is 1. The maximum Gasteiger partial charge on any atom is 0.410 e. The van der Waals surface area contributed by atoms with Gasteiger partial charge in [-0.1, -0.05) is 22.9 Å². The first-order valence-electron chi connectivity index (χ1n) is 10.6. The van der Waals surface area contributed by atoms with Gasteiger partial charge in [-0.15, -0.1) is 0 Å². The molecular formula is C22H29BrN4O4. The normalized spacial score (nSPS) is 25.7. The van der Waals surface area contributed by atoms with Crippen molar-refractivity contribution in [1.29, 1.82) is 0 Å². The summed E-state index contributed by atoms with van der Waals surface area (Å²) in [5, 5.41) is 4.17. The van der Waals surface area contributed by atoms with Crippen molar-refractivity contribution in [3.8, 4) is 5.75 Å². The Morgan fingerprint density at radius 1 is 1.32 bits per heavy atom. The van der Waals surface area contributed by atoms with E-state index in [0.717, 1.165) is 27.9 Å². The number of rotatable bonds is 1. The number of hydrazone groups is 1. The minimum atomic E-state index is -0.505. The van der Waals surface area contributed by atoms with E-state index in [-0.39, 0.29) is 29.9 Å². The zero-order valence-corrected chi connectivity index (χ0v) is 20.2. The molecule has 8 nitrogen and oxygen atoms in total. The fourth-order valence-corrected chi connectivity index (χ4v) is 5.06. The highest BCUT2D eigenvalue weighted by molar-refractivity contribution is 9.10. The van der Waals surface area contributed by atoms with Crippen LogP contribution in [0.1, 0.15) is 52.5 Å². The molecule has 0 aliphatic carbocycles. The molecule has 0 bridgehead atoms. The Balaban J connectivity index is 1.59. The molecule has 0 spiro atoms. The van der Waals surface area contributed by atoms with Gasteiger partial charge in [-0.3, -0.25) is 4.79 Å². The van der Waals surface area contributed by atoms with Gasteiger partial charge in [0.15, 0.2) is 5.84 Å². The van der Waals surface area contributed by atoms with Crippen molar-refractivity contribution in [2.45, 2.75) is 58.6 Å². The molecule has 0 aromatic heterocycles. The van der Waals surface area contributed by atoms with Gasteiger partial charge in [-0.2, -0.15) is 5.10 Å². The molecule has 4 rings (SSSR count). The molecule has 3 unspecified atom stereocenters. The smallest absolute Gasteiger partial charge is 0.410 e. The van der Waals surface area contributed by atoms with E-state index in [4.69, 9.17) is 9.47 Å². The Bertz CT molecular complexity index is 942. The zero-order valence-electron chi connectivity index (χ0n) is 18.6. The largest absolute Gasteiger partial charge is 0.483 e. The Hall–Kier alpha value is -2.29. The van der Waals surface area contributed by atoms with Crippen molar-refractivity contribution in [3.63, 3.8) is 0 Å². The van der Waals surface area contributed by atoms with Crippen LogP contribution in [0, 0.1) is 5.92 Å². The highest BCUT2D eigenvalue weighted by Crippen LogP contribution is 2.44. The average Bonchev–Trinajstić information content (AvgIpc) is 2.69. The van der Waals surface area contributed by atoms with Crippen molar-refractivity contribution in [3.05, 3.63) is 22.2 Å². The van der Waals surface area contributed by atoms with Crippen LogP contribution in [0.5, 0.6) is 5.75 Å². The van der Waals surface area contributed by atoms with E-state index in [0.29, 0.717) is 25.5 Å². The van der Waals surface area contributed by atoms with Crippen LogP contribution in [0.3, 0.4) is 0 Å². The number of nitrogens with one attached hydrogen (secondary N) is 1. The van der Waals surface area contributed by atoms with Crippen LogP contribution in [-0.2, 0) is 9.53 Å². The maximum atomic E-state index is 12.5. The third-order valence-electron chi connectivity index (χ3n) is 5.99. The van der Waals surface area contributed by atoms with Gasteiger partial charge < -0.3 is 19.3 Å². The molecule has 0 saturated carbocycles.